The Kier molecular flexibility index (Phi) is 4.24. The lowest BCUT2D eigenvalue weighted by atomic mass is 10.1. The summed E-state index contributed by atoms with van der Waals surface area (Å²) in [5.41, 5.74) is 4.35. The van der Waals surface area contributed by atoms with E-state index in [1.54, 1.807) is 13.0 Å². The van der Waals surface area contributed by atoms with E-state index in [1.807, 2.05) is 47.0 Å². The summed E-state index contributed by atoms with van der Waals surface area (Å²) in [5, 5.41) is 0.705. The summed E-state index contributed by atoms with van der Waals surface area (Å²) >= 11 is 3.43. The molecule has 22 heavy (non-hydrogen) atoms. The van der Waals surface area contributed by atoms with Gasteiger partial charge in [-0.2, -0.15) is 0 Å². The van der Waals surface area contributed by atoms with E-state index >= 15 is 0 Å². The van der Waals surface area contributed by atoms with Gasteiger partial charge in [0.05, 0.1) is 23.6 Å². The van der Waals surface area contributed by atoms with Crippen molar-refractivity contribution in [2.24, 2.45) is 0 Å². The van der Waals surface area contributed by atoms with Crippen molar-refractivity contribution in [3.63, 3.8) is 0 Å². The average Bonchev–Trinajstić information content (AvgIpc) is 2.98. The van der Waals surface area contributed by atoms with Gasteiger partial charge in [-0.15, -0.1) is 0 Å². The molecule has 1 aromatic carbocycles. The van der Waals surface area contributed by atoms with E-state index in [0.29, 0.717) is 17.5 Å². The fourth-order valence-corrected chi connectivity index (χ4v) is 2.65. The van der Waals surface area contributed by atoms with E-state index in [1.165, 1.54) is 0 Å². The molecule has 0 spiro atoms. The minimum Gasteiger partial charge on any atom is -0.462 e. The van der Waals surface area contributed by atoms with Crippen molar-refractivity contribution in [3.8, 4) is 11.3 Å². The number of esters is 1. The number of nitrogens with zero attached hydrogens (tertiary/aromatic N) is 2. The van der Waals surface area contributed by atoms with Crippen molar-refractivity contribution < 1.29 is 9.53 Å². The van der Waals surface area contributed by atoms with Gasteiger partial charge in [0.1, 0.15) is 5.65 Å². The second kappa shape index (κ2) is 6.32. The first-order valence-corrected chi connectivity index (χ1v) is 8.15. The maximum absolute atomic E-state index is 11.9. The van der Waals surface area contributed by atoms with Crippen molar-refractivity contribution >= 4 is 27.5 Å². The van der Waals surface area contributed by atoms with Crippen LogP contribution in [0.3, 0.4) is 0 Å². The highest BCUT2D eigenvalue weighted by molar-refractivity contribution is 9.08. The Hall–Kier alpha value is -2.14. The topological polar surface area (TPSA) is 43.6 Å². The summed E-state index contributed by atoms with van der Waals surface area (Å²) in [7, 11) is 0. The monoisotopic (exact) mass is 358 g/mol. The highest BCUT2D eigenvalue weighted by atomic mass is 79.9. The SMILES string of the molecule is CCOC(=O)c1cccc(-c2cccc3nc(CBr)cn23)c1. The number of aromatic nitrogens is 2. The third-order valence-electron chi connectivity index (χ3n) is 3.35. The summed E-state index contributed by atoms with van der Waals surface area (Å²) < 4.78 is 7.09. The number of benzene rings is 1. The minimum atomic E-state index is -0.302. The van der Waals surface area contributed by atoms with Crippen LogP contribution in [0.1, 0.15) is 23.0 Å². The molecule has 3 rings (SSSR count). The van der Waals surface area contributed by atoms with Crippen LogP contribution in [0.5, 0.6) is 0 Å². The van der Waals surface area contributed by atoms with Crippen LogP contribution in [-0.2, 0) is 10.1 Å². The molecule has 2 heterocycles. The number of hydrogen-bond acceptors (Lipinski definition) is 3. The van der Waals surface area contributed by atoms with E-state index < -0.39 is 0 Å². The first-order valence-electron chi connectivity index (χ1n) is 7.03. The molecule has 0 saturated heterocycles. The smallest absolute Gasteiger partial charge is 0.338 e. The van der Waals surface area contributed by atoms with E-state index in [2.05, 4.69) is 20.9 Å². The molecule has 0 amide bonds. The Morgan fingerprint density at radius 3 is 2.86 bits per heavy atom. The van der Waals surface area contributed by atoms with Gasteiger partial charge in [-0.05, 0) is 36.8 Å². The van der Waals surface area contributed by atoms with E-state index in [9.17, 15) is 4.79 Å². The summed E-state index contributed by atoms with van der Waals surface area (Å²) in [5.74, 6) is -0.302. The minimum absolute atomic E-state index is 0.302. The number of carbonyl (C=O) groups is 1. The molecular formula is C17H15BrN2O2. The van der Waals surface area contributed by atoms with Crippen LogP contribution >= 0.6 is 15.9 Å². The molecule has 0 saturated carbocycles. The Morgan fingerprint density at radius 1 is 1.27 bits per heavy atom. The molecule has 0 aliphatic rings. The van der Waals surface area contributed by atoms with Crippen molar-refractivity contribution in [1.82, 2.24) is 9.38 Å². The first kappa shape index (κ1) is 14.8. The normalized spacial score (nSPS) is 10.8. The summed E-state index contributed by atoms with van der Waals surface area (Å²) in [6.07, 6.45) is 2.00. The molecule has 0 bridgehead atoms. The molecule has 0 radical (unpaired) electrons. The second-order valence-corrected chi connectivity index (χ2v) is 5.37. The zero-order valence-corrected chi connectivity index (χ0v) is 13.7. The van der Waals surface area contributed by atoms with Crippen LogP contribution in [0, 0.1) is 0 Å². The molecule has 2 aromatic heterocycles. The van der Waals surface area contributed by atoms with Crippen LogP contribution in [0.25, 0.3) is 16.9 Å². The van der Waals surface area contributed by atoms with Crippen LogP contribution < -0.4 is 0 Å². The lowest BCUT2D eigenvalue weighted by molar-refractivity contribution is 0.0526. The highest BCUT2D eigenvalue weighted by Gasteiger charge is 2.10. The van der Waals surface area contributed by atoms with Crippen molar-refractivity contribution in [2.45, 2.75) is 12.3 Å². The predicted octanol–water partition coefficient (Wildman–Crippen LogP) is 4.07. The molecule has 0 aliphatic carbocycles. The Balaban J connectivity index is 2.09. The quantitative estimate of drug-likeness (QED) is 0.521. The standard InChI is InChI=1S/C17H15BrN2O2/c1-2-22-17(21)13-6-3-5-12(9-13)15-7-4-8-16-19-14(10-18)11-20(15)16/h3-9,11H,2,10H2,1H3. The number of imidazole rings is 1. The first-order chi connectivity index (χ1) is 10.7. The largest absolute Gasteiger partial charge is 0.462 e. The van der Waals surface area contributed by atoms with Gasteiger partial charge in [0.15, 0.2) is 0 Å². The number of hydrogen-bond donors (Lipinski definition) is 0. The highest BCUT2D eigenvalue weighted by Crippen LogP contribution is 2.23. The molecule has 0 aliphatic heterocycles. The number of alkyl halides is 1. The van der Waals surface area contributed by atoms with Gasteiger partial charge < -0.3 is 4.74 Å². The zero-order valence-electron chi connectivity index (χ0n) is 12.1. The Bertz CT molecular complexity index is 826. The van der Waals surface area contributed by atoms with Gasteiger partial charge in [0.2, 0.25) is 0 Å². The van der Waals surface area contributed by atoms with Gasteiger partial charge in [0, 0.05) is 11.5 Å². The van der Waals surface area contributed by atoms with Gasteiger partial charge in [0.25, 0.3) is 0 Å². The summed E-state index contributed by atoms with van der Waals surface area (Å²) in [4.78, 5) is 16.4. The lowest BCUT2D eigenvalue weighted by Gasteiger charge is -2.07. The van der Waals surface area contributed by atoms with Gasteiger partial charge in [-0.25, -0.2) is 9.78 Å². The maximum Gasteiger partial charge on any atom is 0.338 e. The number of rotatable bonds is 4. The zero-order chi connectivity index (χ0) is 15.5. The Morgan fingerprint density at radius 2 is 2.09 bits per heavy atom. The molecule has 4 nitrogen and oxygen atoms in total. The molecular weight excluding hydrogens is 344 g/mol. The summed E-state index contributed by atoms with van der Waals surface area (Å²) in [6, 6.07) is 13.4. The number of carbonyl (C=O) groups excluding carboxylic acids is 1. The van der Waals surface area contributed by atoms with Gasteiger partial charge >= 0.3 is 5.97 Å². The summed E-state index contributed by atoms with van der Waals surface area (Å²) in [6.45, 7) is 2.17. The van der Waals surface area contributed by atoms with Crippen LogP contribution in [0.15, 0.2) is 48.7 Å². The van der Waals surface area contributed by atoms with Crippen molar-refractivity contribution in [3.05, 3.63) is 59.9 Å². The van der Waals surface area contributed by atoms with E-state index in [0.717, 1.165) is 22.6 Å². The Labute approximate surface area is 136 Å². The molecule has 0 unspecified atom stereocenters. The lowest BCUT2D eigenvalue weighted by Crippen LogP contribution is -2.04. The van der Waals surface area contributed by atoms with Gasteiger partial charge in [-0.3, -0.25) is 4.40 Å². The average molecular weight is 359 g/mol. The second-order valence-electron chi connectivity index (χ2n) is 4.81. The number of ether oxygens (including phenoxy) is 1. The number of pyridine rings is 1. The molecule has 0 N–H and O–H groups in total. The number of halogens is 1. The van der Waals surface area contributed by atoms with Crippen LogP contribution in [0.2, 0.25) is 0 Å². The van der Waals surface area contributed by atoms with Crippen molar-refractivity contribution in [2.75, 3.05) is 6.61 Å². The van der Waals surface area contributed by atoms with E-state index in [4.69, 9.17) is 4.74 Å². The molecule has 0 fully saturated rings. The van der Waals surface area contributed by atoms with Crippen LogP contribution in [-0.4, -0.2) is 22.0 Å². The fraction of sp³-hybridized carbons (Fsp3) is 0.176. The molecule has 112 valence electrons. The van der Waals surface area contributed by atoms with Crippen molar-refractivity contribution in [1.29, 1.82) is 0 Å². The fourth-order valence-electron chi connectivity index (χ4n) is 2.38. The van der Waals surface area contributed by atoms with Crippen LogP contribution in [0.4, 0.5) is 0 Å². The third-order valence-corrected chi connectivity index (χ3v) is 3.92. The van der Waals surface area contributed by atoms with E-state index in [-0.39, 0.29) is 5.97 Å². The molecule has 3 aromatic rings. The predicted molar refractivity (Wildman–Crippen MR) is 89.2 cm³/mol. The van der Waals surface area contributed by atoms with Gasteiger partial charge in [-0.1, -0.05) is 34.1 Å². The number of fused-ring (bicyclic) bond motifs is 1. The molecule has 5 heteroatoms. The molecule has 0 atom stereocenters. The third kappa shape index (κ3) is 2.76. The maximum atomic E-state index is 11.9.